The van der Waals surface area contributed by atoms with E-state index in [4.69, 9.17) is 15.7 Å². The van der Waals surface area contributed by atoms with Crippen molar-refractivity contribution in [2.24, 2.45) is 22.8 Å². The predicted molar refractivity (Wildman–Crippen MR) is 116 cm³/mol. The lowest BCUT2D eigenvalue weighted by Crippen LogP contribution is -2.38. The third-order valence-electron chi connectivity index (χ3n) is 5.19. The Morgan fingerprint density at radius 1 is 1.23 bits per heavy atom. The van der Waals surface area contributed by atoms with Crippen LogP contribution in [0, 0.1) is 0 Å². The van der Waals surface area contributed by atoms with E-state index >= 15 is 0 Å². The first-order valence-electron chi connectivity index (χ1n) is 9.88. The largest absolute Gasteiger partial charge is 0.337 e. The van der Waals surface area contributed by atoms with E-state index in [9.17, 15) is 0 Å². The molecule has 3 N–H and O–H groups in total. The highest BCUT2D eigenvalue weighted by atomic mass is 15.3. The van der Waals surface area contributed by atoms with Gasteiger partial charge in [0.1, 0.15) is 0 Å². The van der Waals surface area contributed by atoms with Crippen LogP contribution in [0.15, 0.2) is 77.3 Å². The number of fused-ring (bicyclic) bond motifs is 1. The van der Waals surface area contributed by atoms with E-state index < -0.39 is 0 Å². The topological polar surface area (TPSA) is 102 Å². The highest BCUT2D eigenvalue weighted by Crippen LogP contribution is 2.31. The lowest BCUT2D eigenvalue weighted by atomic mass is 10.1. The molecular weight excluding hydrogens is 378 g/mol. The van der Waals surface area contributed by atoms with Crippen molar-refractivity contribution in [1.29, 1.82) is 0 Å². The van der Waals surface area contributed by atoms with E-state index in [2.05, 4.69) is 26.5 Å². The van der Waals surface area contributed by atoms with Gasteiger partial charge in [-0.1, -0.05) is 0 Å². The first kappa shape index (κ1) is 18.3. The Bertz CT molecular complexity index is 1120. The van der Waals surface area contributed by atoms with Gasteiger partial charge in [-0.25, -0.2) is 9.98 Å². The minimum atomic E-state index is 0.109. The monoisotopic (exact) mass is 401 g/mol. The molecule has 30 heavy (non-hydrogen) atoms. The molecule has 0 fully saturated rings. The van der Waals surface area contributed by atoms with Gasteiger partial charge in [0.15, 0.2) is 11.7 Å². The van der Waals surface area contributed by atoms with Gasteiger partial charge in [-0.05, 0) is 30.8 Å². The molecule has 2 aromatic heterocycles. The number of nitrogens with one attached hydrogen (secondary N) is 1. The summed E-state index contributed by atoms with van der Waals surface area (Å²) in [6.07, 6.45) is 12.2. The minimum absolute atomic E-state index is 0.109. The fourth-order valence-corrected chi connectivity index (χ4v) is 3.72. The Labute approximate surface area is 174 Å². The molecular formula is C21H23N9. The standard InChI is InChI=1S/C21H23N9/c1-28-12-15(10-25-28)19-11-24-21-20(27-17(6-7-22)13-30(19)21)26-16-2-4-18(5-3-16)29-9-8-23-14-29/h2-5,8-10,12-14,19H,6-7,11,22H2,1H3,(H,26,27). The second-order valence-corrected chi connectivity index (χ2v) is 7.30. The molecule has 0 bridgehead atoms. The molecule has 0 saturated carbocycles. The van der Waals surface area contributed by atoms with Crippen LogP contribution in [0.25, 0.3) is 5.69 Å². The van der Waals surface area contributed by atoms with Gasteiger partial charge in [-0.2, -0.15) is 5.10 Å². The summed E-state index contributed by atoms with van der Waals surface area (Å²) >= 11 is 0. The van der Waals surface area contributed by atoms with Crippen molar-refractivity contribution in [3.63, 3.8) is 0 Å². The van der Waals surface area contributed by atoms with E-state index in [0.717, 1.165) is 34.3 Å². The zero-order valence-electron chi connectivity index (χ0n) is 16.7. The fourth-order valence-electron chi connectivity index (χ4n) is 3.72. The first-order chi connectivity index (χ1) is 14.7. The van der Waals surface area contributed by atoms with Gasteiger partial charge in [0.05, 0.1) is 30.8 Å². The molecule has 3 aromatic rings. The number of amidine groups is 2. The van der Waals surface area contributed by atoms with E-state index in [1.165, 1.54) is 0 Å². The maximum absolute atomic E-state index is 5.81. The highest BCUT2D eigenvalue weighted by molar-refractivity contribution is 6.45. The zero-order chi connectivity index (χ0) is 20.5. The predicted octanol–water partition coefficient (Wildman–Crippen LogP) is 2.08. The van der Waals surface area contributed by atoms with Crippen LogP contribution in [-0.4, -0.2) is 49.0 Å². The van der Waals surface area contributed by atoms with Gasteiger partial charge < -0.3 is 20.5 Å². The minimum Gasteiger partial charge on any atom is -0.337 e. The van der Waals surface area contributed by atoms with Crippen molar-refractivity contribution in [3.8, 4) is 5.69 Å². The van der Waals surface area contributed by atoms with E-state index in [0.29, 0.717) is 19.5 Å². The number of nitrogens with two attached hydrogens (primary N) is 1. The van der Waals surface area contributed by atoms with Crippen LogP contribution in [0.4, 0.5) is 5.69 Å². The molecule has 0 spiro atoms. The van der Waals surface area contributed by atoms with Crippen LogP contribution < -0.4 is 11.1 Å². The number of aryl methyl sites for hydroxylation is 1. The van der Waals surface area contributed by atoms with Crippen LogP contribution in [0.3, 0.4) is 0 Å². The lowest BCUT2D eigenvalue weighted by molar-refractivity contribution is 0.453. The molecule has 9 nitrogen and oxygen atoms in total. The summed E-state index contributed by atoms with van der Waals surface area (Å²) in [5.74, 6) is 1.58. The van der Waals surface area contributed by atoms with Crippen molar-refractivity contribution in [2.45, 2.75) is 12.5 Å². The molecule has 0 saturated heterocycles. The average molecular weight is 401 g/mol. The Morgan fingerprint density at radius 2 is 2.10 bits per heavy atom. The molecule has 9 heteroatoms. The number of aliphatic imine (C=N–C) groups is 2. The quantitative estimate of drug-likeness (QED) is 0.682. The number of nitrogens with zero attached hydrogens (tertiary/aromatic N) is 7. The molecule has 0 aliphatic carbocycles. The zero-order valence-corrected chi connectivity index (χ0v) is 16.7. The summed E-state index contributed by atoms with van der Waals surface area (Å²) in [5.41, 5.74) is 9.86. The van der Waals surface area contributed by atoms with Crippen molar-refractivity contribution >= 4 is 17.4 Å². The van der Waals surface area contributed by atoms with Crippen molar-refractivity contribution in [2.75, 3.05) is 18.4 Å². The summed E-state index contributed by atoms with van der Waals surface area (Å²) in [5, 5.41) is 7.76. The third kappa shape index (κ3) is 3.39. The van der Waals surface area contributed by atoms with Gasteiger partial charge in [0, 0.05) is 55.2 Å². The maximum Gasteiger partial charge on any atom is 0.174 e. The maximum atomic E-state index is 5.81. The first-order valence-corrected chi connectivity index (χ1v) is 9.88. The van der Waals surface area contributed by atoms with E-state index in [1.54, 1.807) is 12.5 Å². The van der Waals surface area contributed by atoms with Gasteiger partial charge in [0.25, 0.3) is 0 Å². The number of imidazole rings is 1. The lowest BCUT2D eigenvalue weighted by Gasteiger charge is -2.28. The molecule has 1 aromatic carbocycles. The van der Waals surface area contributed by atoms with Crippen LogP contribution in [0.2, 0.25) is 0 Å². The molecule has 1 atom stereocenters. The molecule has 4 heterocycles. The molecule has 0 radical (unpaired) electrons. The molecule has 0 amide bonds. The molecule has 2 aliphatic heterocycles. The molecule has 2 aliphatic rings. The second kappa shape index (κ2) is 7.60. The van der Waals surface area contributed by atoms with Crippen LogP contribution in [0.5, 0.6) is 0 Å². The Kier molecular flexibility index (Phi) is 4.64. The SMILES string of the molecule is Cn1cc(C2CN=C3C(Nc4ccc(-n5ccnc5)cc4)=NC(CCN)=CN32)cn1. The molecule has 5 rings (SSSR count). The normalized spacial score (nSPS) is 18.0. The Morgan fingerprint density at radius 3 is 2.80 bits per heavy atom. The summed E-state index contributed by atoms with van der Waals surface area (Å²) in [7, 11) is 1.92. The van der Waals surface area contributed by atoms with Gasteiger partial charge in [-0.15, -0.1) is 0 Å². The number of aromatic nitrogens is 4. The van der Waals surface area contributed by atoms with Crippen molar-refractivity contribution < 1.29 is 0 Å². The second-order valence-electron chi connectivity index (χ2n) is 7.30. The number of hydrogen-bond donors (Lipinski definition) is 2. The number of hydrogen-bond acceptors (Lipinski definition) is 7. The smallest absolute Gasteiger partial charge is 0.174 e. The molecule has 152 valence electrons. The molecule has 1 unspecified atom stereocenters. The highest BCUT2D eigenvalue weighted by Gasteiger charge is 2.34. The number of benzene rings is 1. The van der Waals surface area contributed by atoms with Gasteiger partial charge in [-0.3, -0.25) is 9.67 Å². The summed E-state index contributed by atoms with van der Waals surface area (Å²) in [6.45, 7) is 1.20. The van der Waals surface area contributed by atoms with Gasteiger partial charge >= 0.3 is 0 Å². The summed E-state index contributed by atoms with van der Waals surface area (Å²) in [6, 6.07) is 8.24. The van der Waals surface area contributed by atoms with Crippen LogP contribution in [-0.2, 0) is 7.05 Å². The van der Waals surface area contributed by atoms with E-state index in [-0.39, 0.29) is 6.04 Å². The summed E-state index contributed by atoms with van der Waals surface area (Å²) < 4.78 is 3.78. The average Bonchev–Trinajstić information content (AvgIpc) is 3.49. The van der Waals surface area contributed by atoms with Crippen LogP contribution in [0.1, 0.15) is 18.0 Å². The number of anilines is 1. The number of rotatable bonds is 5. The Hall–Kier alpha value is -3.72. The third-order valence-corrected chi connectivity index (χ3v) is 5.19. The van der Waals surface area contributed by atoms with E-state index in [1.807, 2.05) is 59.2 Å². The van der Waals surface area contributed by atoms with Crippen LogP contribution >= 0.6 is 0 Å². The fraction of sp³-hybridized carbons (Fsp3) is 0.238. The van der Waals surface area contributed by atoms with Gasteiger partial charge in [0.2, 0.25) is 0 Å². The Balaban J connectivity index is 1.41. The summed E-state index contributed by atoms with van der Waals surface area (Å²) in [4.78, 5) is 15.8. The van der Waals surface area contributed by atoms with Crippen molar-refractivity contribution in [3.05, 3.63) is 72.8 Å². The van der Waals surface area contributed by atoms with Crippen molar-refractivity contribution in [1.82, 2.24) is 24.2 Å².